The van der Waals surface area contributed by atoms with Crippen LogP contribution in [0.3, 0.4) is 0 Å². The molecule has 4 heteroatoms. The van der Waals surface area contributed by atoms with Crippen molar-refractivity contribution in [3.05, 3.63) is 36.0 Å². The second-order valence-electron chi connectivity index (χ2n) is 3.09. The van der Waals surface area contributed by atoms with Crippen molar-refractivity contribution in [2.75, 3.05) is 6.67 Å². The molecule has 3 N–H and O–H groups in total. The third-order valence-corrected chi connectivity index (χ3v) is 2.17. The van der Waals surface area contributed by atoms with Crippen LogP contribution in [0.4, 0.5) is 4.39 Å². The Balaban J connectivity index is 0.000000980. The molecule has 0 aliphatic heterocycles. The summed E-state index contributed by atoms with van der Waals surface area (Å²) < 4.78 is 12.3. The molecule has 1 aromatic heterocycles. The summed E-state index contributed by atoms with van der Waals surface area (Å²) in [5.41, 5.74) is 7.46. The highest BCUT2D eigenvalue weighted by Crippen LogP contribution is 2.18. The normalized spacial score (nSPS) is 12.4. The van der Waals surface area contributed by atoms with Crippen LogP contribution in [0.2, 0.25) is 0 Å². The van der Waals surface area contributed by atoms with Crippen molar-refractivity contribution in [3.8, 4) is 0 Å². The number of aromatic nitrogens is 1. The largest absolute Gasteiger partial charge is 0.361 e. The fourth-order valence-electron chi connectivity index (χ4n) is 1.39. The summed E-state index contributed by atoms with van der Waals surface area (Å²) in [6.07, 6.45) is 1.86. The smallest absolute Gasteiger partial charge is 0.109 e. The lowest BCUT2D eigenvalue weighted by Crippen LogP contribution is -2.11. The Bertz CT molecular complexity index is 413. The van der Waals surface area contributed by atoms with E-state index in [0.717, 1.165) is 16.5 Å². The molecule has 0 unspecified atom stereocenters. The van der Waals surface area contributed by atoms with E-state index in [0.29, 0.717) is 0 Å². The van der Waals surface area contributed by atoms with E-state index in [1.807, 2.05) is 30.5 Å². The number of benzene rings is 1. The molecule has 0 radical (unpaired) electrons. The quantitative estimate of drug-likeness (QED) is 0.793. The minimum absolute atomic E-state index is 0. The number of aromatic amines is 1. The van der Waals surface area contributed by atoms with Gasteiger partial charge in [-0.3, -0.25) is 0 Å². The van der Waals surface area contributed by atoms with Gasteiger partial charge >= 0.3 is 0 Å². The van der Waals surface area contributed by atoms with Crippen molar-refractivity contribution < 1.29 is 4.39 Å². The third kappa shape index (κ3) is 1.89. The third-order valence-electron chi connectivity index (χ3n) is 2.17. The number of rotatable bonds is 2. The number of H-pyrrole nitrogens is 1. The molecule has 0 saturated heterocycles. The van der Waals surface area contributed by atoms with E-state index in [4.69, 9.17) is 5.73 Å². The summed E-state index contributed by atoms with van der Waals surface area (Å²) in [5, 5.41) is 1.07. The molecule has 1 aromatic carbocycles. The van der Waals surface area contributed by atoms with E-state index in [1.165, 1.54) is 0 Å². The van der Waals surface area contributed by atoms with Crippen LogP contribution in [-0.4, -0.2) is 11.7 Å². The summed E-state index contributed by atoms with van der Waals surface area (Å²) in [4.78, 5) is 3.07. The van der Waals surface area contributed by atoms with Gasteiger partial charge in [0.2, 0.25) is 0 Å². The molecule has 0 aliphatic carbocycles. The Kier molecular flexibility index (Phi) is 3.49. The summed E-state index contributed by atoms with van der Waals surface area (Å²) >= 11 is 0. The number of hydrogen-bond donors (Lipinski definition) is 2. The van der Waals surface area contributed by atoms with Crippen molar-refractivity contribution in [2.45, 2.75) is 6.04 Å². The maximum absolute atomic E-state index is 12.3. The van der Waals surface area contributed by atoms with Gasteiger partial charge in [-0.25, -0.2) is 4.39 Å². The molecule has 0 spiro atoms. The molecule has 0 amide bonds. The van der Waals surface area contributed by atoms with Gasteiger partial charge in [-0.2, -0.15) is 0 Å². The van der Waals surface area contributed by atoms with Gasteiger partial charge in [-0.15, -0.1) is 12.4 Å². The molecular weight excluding hydrogens is 203 g/mol. The molecule has 76 valence electrons. The highest BCUT2D eigenvalue weighted by atomic mass is 35.5. The number of halogens is 2. The maximum atomic E-state index is 12.3. The molecule has 0 fully saturated rings. The van der Waals surface area contributed by atoms with E-state index in [9.17, 15) is 4.39 Å². The average Bonchev–Trinajstić information content (AvgIpc) is 2.63. The van der Waals surface area contributed by atoms with E-state index < -0.39 is 12.7 Å². The number of nitrogens with two attached hydrogens (primary N) is 1. The second-order valence-corrected chi connectivity index (χ2v) is 3.09. The van der Waals surface area contributed by atoms with Gasteiger partial charge in [-0.05, 0) is 29.1 Å². The van der Waals surface area contributed by atoms with E-state index in [2.05, 4.69) is 4.98 Å². The monoisotopic (exact) mass is 214 g/mol. The molecule has 1 heterocycles. The first-order valence-corrected chi connectivity index (χ1v) is 4.20. The topological polar surface area (TPSA) is 41.8 Å². The molecule has 0 saturated carbocycles. The van der Waals surface area contributed by atoms with Crippen molar-refractivity contribution in [1.29, 1.82) is 0 Å². The minimum atomic E-state index is -0.518. The summed E-state index contributed by atoms with van der Waals surface area (Å²) in [6.45, 7) is -0.518. The first-order valence-electron chi connectivity index (χ1n) is 4.20. The van der Waals surface area contributed by atoms with Crippen molar-refractivity contribution >= 4 is 23.3 Å². The van der Waals surface area contributed by atoms with Gasteiger partial charge in [0.15, 0.2) is 0 Å². The molecule has 2 nitrogen and oxygen atoms in total. The lowest BCUT2D eigenvalue weighted by Gasteiger charge is -2.06. The summed E-state index contributed by atoms with van der Waals surface area (Å²) in [7, 11) is 0. The Morgan fingerprint density at radius 1 is 1.36 bits per heavy atom. The lowest BCUT2D eigenvalue weighted by molar-refractivity contribution is 0.437. The van der Waals surface area contributed by atoms with Crippen LogP contribution in [0.15, 0.2) is 30.5 Å². The van der Waals surface area contributed by atoms with Crippen LogP contribution in [-0.2, 0) is 0 Å². The lowest BCUT2D eigenvalue weighted by atomic mass is 10.1. The van der Waals surface area contributed by atoms with Crippen molar-refractivity contribution in [1.82, 2.24) is 4.98 Å². The van der Waals surface area contributed by atoms with E-state index >= 15 is 0 Å². The predicted molar refractivity (Wildman–Crippen MR) is 58.5 cm³/mol. The highest BCUT2D eigenvalue weighted by Gasteiger charge is 2.05. The summed E-state index contributed by atoms with van der Waals surface area (Å²) in [6, 6.07) is 7.13. The first kappa shape index (κ1) is 11.0. The zero-order valence-corrected chi connectivity index (χ0v) is 8.35. The molecule has 2 aromatic rings. The zero-order valence-electron chi connectivity index (χ0n) is 7.53. The maximum Gasteiger partial charge on any atom is 0.109 e. The van der Waals surface area contributed by atoms with Crippen molar-refractivity contribution in [3.63, 3.8) is 0 Å². The SMILES string of the molecule is Cl.N[C@@H](CF)c1ccc2[nH]ccc2c1. The van der Waals surface area contributed by atoms with Crippen LogP contribution in [0.25, 0.3) is 10.9 Å². The van der Waals surface area contributed by atoms with Gasteiger partial charge in [-0.1, -0.05) is 6.07 Å². The van der Waals surface area contributed by atoms with Gasteiger partial charge in [0.05, 0.1) is 6.04 Å². The Hall–Kier alpha value is -1.06. The van der Waals surface area contributed by atoms with Gasteiger partial charge in [0.1, 0.15) is 6.67 Å². The first-order chi connectivity index (χ1) is 6.31. The molecule has 2 rings (SSSR count). The molecular formula is C10H12ClFN2. The Morgan fingerprint density at radius 2 is 2.14 bits per heavy atom. The predicted octanol–water partition coefficient (Wildman–Crippen LogP) is 2.56. The van der Waals surface area contributed by atoms with Crippen LogP contribution >= 0.6 is 12.4 Å². The number of hydrogen-bond acceptors (Lipinski definition) is 1. The minimum Gasteiger partial charge on any atom is -0.361 e. The second kappa shape index (κ2) is 4.44. The van der Waals surface area contributed by atoms with E-state index in [1.54, 1.807) is 0 Å². The van der Waals surface area contributed by atoms with Gasteiger partial charge < -0.3 is 10.7 Å². The van der Waals surface area contributed by atoms with Crippen LogP contribution < -0.4 is 5.73 Å². The van der Waals surface area contributed by atoms with Crippen LogP contribution in [0.5, 0.6) is 0 Å². The van der Waals surface area contributed by atoms with Gasteiger partial charge in [0.25, 0.3) is 0 Å². The van der Waals surface area contributed by atoms with Crippen molar-refractivity contribution in [2.24, 2.45) is 5.73 Å². The standard InChI is InChI=1S/C10H11FN2.ClH/c11-6-9(12)7-1-2-10-8(5-7)3-4-13-10;/h1-5,9,13H,6,12H2;1H/t9-;/m0./s1. The zero-order chi connectivity index (χ0) is 9.26. The Morgan fingerprint density at radius 3 is 2.86 bits per heavy atom. The Labute approximate surface area is 87.7 Å². The summed E-state index contributed by atoms with van der Waals surface area (Å²) in [5.74, 6) is 0. The molecule has 0 bridgehead atoms. The molecule has 0 aliphatic rings. The average molecular weight is 215 g/mol. The number of fused-ring (bicyclic) bond motifs is 1. The molecule has 14 heavy (non-hydrogen) atoms. The molecule has 1 atom stereocenters. The van der Waals surface area contributed by atoms with Gasteiger partial charge in [0, 0.05) is 11.7 Å². The number of alkyl halides is 1. The number of nitrogens with one attached hydrogen (secondary N) is 1. The highest BCUT2D eigenvalue weighted by molar-refractivity contribution is 5.85. The van der Waals surface area contributed by atoms with Crippen LogP contribution in [0.1, 0.15) is 11.6 Å². The fraction of sp³-hybridized carbons (Fsp3) is 0.200. The van der Waals surface area contributed by atoms with E-state index in [-0.39, 0.29) is 12.4 Å². The fourth-order valence-corrected chi connectivity index (χ4v) is 1.39. The van der Waals surface area contributed by atoms with Crippen LogP contribution in [0, 0.1) is 0 Å².